The van der Waals surface area contributed by atoms with Crippen LogP contribution in [0.3, 0.4) is 0 Å². The maximum absolute atomic E-state index is 11.4. The molecule has 0 saturated carbocycles. The molecule has 11 nitrogen and oxygen atoms in total. The first-order chi connectivity index (χ1) is 16.3. The summed E-state index contributed by atoms with van der Waals surface area (Å²) in [4.78, 5) is 22.6. The lowest BCUT2D eigenvalue weighted by Crippen LogP contribution is -2.34. The van der Waals surface area contributed by atoms with Gasteiger partial charge in [0, 0.05) is 13.0 Å². The Morgan fingerprint density at radius 2 is 1.00 bits per heavy atom. The van der Waals surface area contributed by atoms with Gasteiger partial charge in [-0.2, -0.15) is 0 Å². The van der Waals surface area contributed by atoms with Crippen LogP contribution in [0.15, 0.2) is 0 Å². The van der Waals surface area contributed by atoms with Gasteiger partial charge in [0.25, 0.3) is 0 Å². The Bertz CT molecular complexity index is 485. The van der Waals surface area contributed by atoms with Gasteiger partial charge in [-0.05, 0) is 27.2 Å². The van der Waals surface area contributed by atoms with Gasteiger partial charge in [-0.15, -0.1) is 0 Å². The second kappa shape index (κ2) is 23.3. The standard InChI is InChI=1S/C23H45NO10/c1-5-6-21(25)33-20-19-32-18-17-31-16-15-30-14-13-29-12-11-28-10-9-27-8-7-24-22(26)34-23(2,3)4/h5-20H2,1-4H3,(H,24,26). The molecule has 0 rings (SSSR count). The summed E-state index contributed by atoms with van der Waals surface area (Å²) in [6.45, 7) is 13.5. The third-order valence-electron chi connectivity index (χ3n) is 3.72. The smallest absolute Gasteiger partial charge is 0.407 e. The Labute approximate surface area is 204 Å². The van der Waals surface area contributed by atoms with Crippen LogP contribution in [0.1, 0.15) is 40.5 Å². The molecule has 0 aromatic rings. The summed E-state index contributed by atoms with van der Waals surface area (Å²) in [5.74, 6) is -0.191. The SMILES string of the molecule is CCCC(=O)OCCOCCOCCOCCOCCOCCOCCNC(=O)OC(C)(C)C. The minimum absolute atomic E-state index is 0.191. The van der Waals surface area contributed by atoms with E-state index in [0.717, 1.165) is 6.42 Å². The molecule has 0 heterocycles. The molecule has 0 saturated heterocycles. The first-order valence-electron chi connectivity index (χ1n) is 11.9. The Morgan fingerprint density at radius 1 is 0.618 bits per heavy atom. The number of alkyl carbamates (subject to hydrolysis) is 1. The molecule has 0 unspecified atom stereocenters. The molecule has 0 aromatic carbocycles. The molecule has 0 atom stereocenters. The van der Waals surface area contributed by atoms with E-state index in [-0.39, 0.29) is 12.6 Å². The van der Waals surface area contributed by atoms with Gasteiger partial charge in [0.2, 0.25) is 0 Å². The fourth-order valence-corrected chi connectivity index (χ4v) is 2.23. The number of hydrogen-bond acceptors (Lipinski definition) is 10. The lowest BCUT2D eigenvalue weighted by molar-refractivity contribution is -0.145. The molecule has 202 valence electrons. The molecule has 0 spiro atoms. The third-order valence-corrected chi connectivity index (χ3v) is 3.72. The van der Waals surface area contributed by atoms with E-state index in [1.54, 1.807) is 0 Å². The largest absolute Gasteiger partial charge is 0.463 e. The molecule has 1 N–H and O–H groups in total. The van der Waals surface area contributed by atoms with E-state index >= 15 is 0 Å². The Kier molecular flexibility index (Phi) is 22.2. The number of amides is 1. The molecule has 0 aromatic heterocycles. The van der Waals surface area contributed by atoms with Crippen molar-refractivity contribution in [3.8, 4) is 0 Å². The minimum Gasteiger partial charge on any atom is -0.463 e. The molecule has 34 heavy (non-hydrogen) atoms. The van der Waals surface area contributed by atoms with Crippen LogP contribution in [0.4, 0.5) is 4.79 Å². The van der Waals surface area contributed by atoms with Gasteiger partial charge >= 0.3 is 12.1 Å². The summed E-state index contributed by atoms with van der Waals surface area (Å²) in [6, 6.07) is 0. The molecule has 11 heteroatoms. The van der Waals surface area contributed by atoms with Crippen molar-refractivity contribution in [2.45, 2.75) is 46.1 Å². The second-order valence-corrected chi connectivity index (χ2v) is 8.07. The second-order valence-electron chi connectivity index (χ2n) is 8.07. The number of nitrogens with one attached hydrogen (secondary N) is 1. The lowest BCUT2D eigenvalue weighted by Gasteiger charge is -2.19. The van der Waals surface area contributed by atoms with Gasteiger partial charge < -0.3 is 43.2 Å². The van der Waals surface area contributed by atoms with E-state index in [4.69, 9.17) is 37.9 Å². The predicted molar refractivity (Wildman–Crippen MR) is 125 cm³/mol. The van der Waals surface area contributed by atoms with Crippen LogP contribution in [0, 0.1) is 0 Å². The van der Waals surface area contributed by atoms with E-state index < -0.39 is 11.7 Å². The minimum atomic E-state index is -0.508. The van der Waals surface area contributed by atoms with Gasteiger partial charge in [0.05, 0.1) is 79.3 Å². The van der Waals surface area contributed by atoms with Crippen LogP contribution in [0.25, 0.3) is 0 Å². The van der Waals surface area contributed by atoms with Crippen molar-refractivity contribution >= 4 is 12.1 Å². The fourth-order valence-electron chi connectivity index (χ4n) is 2.23. The van der Waals surface area contributed by atoms with Crippen LogP contribution in [-0.2, 0) is 42.7 Å². The molecule has 0 aliphatic heterocycles. The van der Waals surface area contributed by atoms with Crippen LogP contribution < -0.4 is 5.32 Å². The van der Waals surface area contributed by atoms with Gasteiger partial charge in [-0.3, -0.25) is 4.79 Å². The molecule has 1 amide bonds. The quantitative estimate of drug-likeness (QED) is 0.166. The molecule has 0 aliphatic rings. The molecular weight excluding hydrogens is 450 g/mol. The Balaban J connectivity index is 3.14. The van der Waals surface area contributed by atoms with Crippen LogP contribution in [-0.4, -0.2) is 110 Å². The summed E-state index contributed by atoms with van der Waals surface area (Å²) < 4.78 is 42.4. The average molecular weight is 496 g/mol. The highest BCUT2D eigenvalue weighted by Gasteiger charge is 2.15. The monoisotopic (exact) mass is 495 g/mol. The van der Waals surface area contributed by atoms with E-state index in [2.05, 4.69) is 5.32 Å². The topological polar surface area (TPSA) is 120 Å². The normalized spacial score (nSPS) is 11.4. The van der Waals surface area contributed by atoms with E-state index in [9.17, 15) is 9.59 Å². The summed E-state index contributed by atoms with van der Waals surface area (Å²) in [5.41, 5.74) is -0.508. The van der Waals surface area contributed by atoms with Gasteiger partial charge in [0.1, 0.15) is 12.2 Å². The van der Waals surface area contributed by atoms with Crippen molar-refractivity contribution in [3.63, 3.8) is 0 Å². The van der Waals surface area contributed by atoms with Crippen molar-refractivity contribution < 1.29 is 47.5 Å². The average Bonchev–Trinajstić information content (AvgIpc) is 2.76. The summed E-state index contributed by atoms with van der Waals surface area (Å²) in [7, 11) is 0. The number of carbonyl (C=O) groups excluding carboxylic acids is 2. The molecule has 0 aliphatic carbocycles. The molecule has 0 radical (unpaired) electrons. The van der Waals surface area contributed by atoms with Gasteiger partial charge in [0.15, 0.2) is 0 Å². The summed E-state index contributed by atoms with van der Waals surface area (Å²) >= 11 is 0. The van der Waals surface area contributed by atoms with Crippen molar-refractivity contribution in [3.05, 3.63) is 0 Å². The summed E-state index contributed by atoms with van der Waals surface area (Å²) in [5, 5.41) is 2.62. The number of hydrogen-bond donors (Lipinski definition) is 1. The predicted octanol–water partition coefficient (Wildman–Crippen LogP) is 1.95. The van der Waals surface area contributed by atoms with Crippen LogP contribution >= 0.6 is 0 Å². The fraction of sp³-hybridized carbons (Fsp3) is 0.913. The number of esters is 1. The first-order valence-corrected chi connectivity index (χ1v) is 11.9. The number of rotatable bonds is 23. The highest BCUT2D eigenvalue weighted by molar-refractivity contribution is 5.69. The van der Waals surface area contributed by atoms with E-state index in [0.29, 0.717) is 92.2 Å². The van der Waals surface area contributed by atoms with E-state index in [1.165, 1.54) is 0 Å². The molecule has 0 fully saturated rings. The number of carbonyl (C=O) groups is 2. The maximum atomic E-state index is 11.4. The Hall–Kier alpha value is -1.50. The van der Waals surface area contributed by atoms with Crippen LogP contribution in [0.5, 0.6) is 0 Å². The highest BCUT2D eigenvalue weighted by Crippen LogP contribution is 2.06. The van der Waals surface area contributed by atoms with Crippen molar-refractivity contribution in [2.75, 3.05) is 92.4 Å². The molecule has 0 bridgehead atoms. The van der Waals surface area contributed by atoms with E-state index in [1.807, 2.05) is 27.7 Å². The van der Waals surface area contributed by atoms with Crippen LogP contribution in [0.2, 0.25) is 0 Å². The first kappa shape index (κ1) is 32.5. The van der Waals surface area contributed by atoms with Crippen molar-refractivity contribution in [1.29, 1.82) is 0 Å². The zero-order valence-electron chi connectivity index (χ0n) is 21.4. The zero-order valence-corrected chi connectivity index (χ0v) is 21.4. The highest BCUT2D eigenvalue weighted by atomic mass is 16.6. The third kappa shape index (κ3) is 26.7. The summed E-state index contributed by atoms with van der Waals surface area (Å²) in [6.07, 6.45) is 0.772. The molecular formula is C23H45NO10. The van der Waals surface area contributed by atoms with Crippen molar-refractivity contribution in [1.82, 2.24) is 5.32 Å². The number of ether oxygens (including phenoxy) is 8. The Morgan fingerprint density at radius 3 is 1.38 bits per heavy atom. The van der Waals surface area contributed by atoms with Crippen molar-refractivity contribution in [2.24, 2.45) is 0 Å². The van der Waals surface area contributed by atoms with Gasteiger partial charge in [-0.25, -0.2) is 4.79 Å². The maximum Gasteiger partial charge on any atom is 0.407 e. The lowest BCUT2D eigenvalue weighted by atomic mass is 10.2. The zero-order chi connectivity index (χ0) is 25.3. The van der Waals surface area contributed by atoms with Gasteiger partial charge in [-0.1, -0.05) is 6.92 Å².